The summed E-state index contributed by atoms with van der Waals surface area (Å²) >= 11 is 5.94. The molecule has 1 heterocycles. The minimum atomic E-state index is -0.285. The Labute approximate surface area is 193 Å². The lowest BCUT2D eigenvalue weighted by Crippen LogP contribution is -2.29. The lowest BCUT2D eigenvalue weighted by Gasteiger charge is -2.17. The summed E-state index contributed by atoms with van der Waals surface area (Å²) in [7, 11) is 0. The number of rotatable bonds is 7. The van der Waals surface area contributed by atoms with E-state index in [0.29, 0.717) is 23.7 Å². The number of imidazole rings is 1. The number of aromatic nitrogens is 2. The quantitative estimate of drug-likeness (QED) is 0.385. The van der Waals surface area contributed by atoms with Crippen molar-refractivity contribution in [1.82, 2.24) is 14.9 Å². The highest BCUT2D eigenvalue weighted by atomic mass is 35.5. The highest BCUT2D eigenvalue weighted by molar-refractivity contribution is 6.30. The average Bonchev–Trinajstić information content (AvgIpc) is 3.14. The van der Waals surface area contributed by atoms with E-state index >= 15 is 0 Å². The number of halogens is 1. The number of carbonyl (C=O) groups is 1. The highest BCUT2D eigenvalue weighted by Gasteiger charge is 2.19. The van der Waals surface area contributed by atoms with E-state index in [-0.39, 0.29) is 11.9 Å². The Kier molecular flexibility index (Phi) is 6.47. The molecule has 164 valence electrons. The molecule has 4 rings (SSSR count). The number of hydrogen-bond acceptors (Lipinski definition) is 3. The molecule has 1 amide bonds. The summed E-state index contributed by atoms with van der Waals surface area (Å²) < 4.78 is 8.18. The van der Waals surface area contributed by atoms with E-state index in [4.69, 9.17) is 21.3 Å². The maximum Gasteiger partial charge on any atom is 0.251 e. The van der Waals surface area contributed by atoms with E-state index in [0.717, 1.165) is 28.2 Å². The molecular formula is C26H26ClN3O2. The van der Waals surface area contributed by atoms with E-state index in [9.17, 15) is 4.79 Å². The van der Waals surface area contributed by atoms with Crippen molar-refractivity contribution in [1.29, 1.82) is 0 Å². The molecule has 3 aromatic carbocycles. The van der Waals surface area contributed by atoms with Gasteiger partial charge >= 0.3 is 0 Å². The number of amides is 1. The third-order valence-electron chi connectivity index (χ3n) is 5.43. The van der Waals surface area contributed by atoms with Crippen molar-refractivity contribution in [3.63, 3.8) is 0 Å². The van der Waals surface area contributed by atoms with Gasteiger partial charge < -0.3 is 14.6 Å². The van der Waals surface area contributed by atoms with Crippen LogP contribution >= 0.6 is 11.6 Å². The van der Waals surface area contributed by atoms with Gasteiger partial charge in [0, 0.05) is 10.6 Å². The fourth-order valence-corrected chi connectivity index (χ4v) is 3.94. The number of benzene rings is 3. The number of ether oxygens (including phenoxy) is 1. The van der Waals surface area contributed by atoms with Crippen LogP contribution in [0.1, 0.15) is 40.3 Å². The van der Waals surface area contributed by atoms with Crippen molar-refractivity contribution >= 4 is 28.5 Å². The van der Waals surface area contributed by atoms with Crippen LogP contribution in [-0.2, 0) is 6.54 Å². The van der Waals surface area contributed by atoms with Gasteiger partial charge in [-0.15, -0.1) is 0 Å². The topological polar surface area (TPSA) is 56.1 Å². The Morgan fingerprint density at radius 1 is 1.09 bits per heavy atom. The lowest BCUT2D eigenvalue weighted by atomic mass is 10.1. The number of carbonyl (C=O) groups excluding carboxylic acids is 1. The van der Waals surface area contributed by atoms with Crippen molar-refractivity contribution in [3.05, 3.63) is 94.3 Å². The van der Waals surface area contributed by atoms with Gasteiger partial charge in [0.25, 0.3) is 5.91 Å². The Balaban J connectivity index is 1.54. The molecule has 1 aromatic heterocycles. The van der Waals surface area contributed by atoms with Crippen LogP contribution in [0, 0.1) is 13.8 Å². The van der Waals surface area contributed by atoms with Gasteiger partial charge in [-0.05, 0) is 68.8 Å². The largest absolute Gasteiger partial charge is 0.491 e. The van der Waals surface area contributed by atoms with Gasteiger partial charge in [-0.2, -0.15) is 0 Å². The summed E-state index contributed by atoms with van der Waals surface area (Å²) in [4.78, 5) is 17.5. The molecule has 0 fully saturated rings. The van der Waals surface area contributed by atoms with Crippen LogP contribution < -0.4 is 10.1 Å². The summed E-state index contributed by atoms with van der Waals surface area (Å²) in [5.41, 5.74) is 4.79. The third kappa shape index (κ3) is 4.78. The maximum atomic E-state index is 12.7. The van der Waals surface area contributed by atoms with E-state index < -0.39 is 0 Å². The molecule has 0 radical (unpaired) electrons. The van der Waals surface area contributed by atoms with Crippen molar-refractivity contribution in [3.8, 4) is 5.75 Å². The Morgan fingerprint density at radius 2 is 1.84 bits per heavy atom. The number of para-hydroxylation sites is 2. The summed E-state index contributed by atoms with van der Waals surface area (Å²) in [6.07, 6.45) is 0. The summed E-state index contributed by atoms with van der Waals surface area (Å²) in [5, 5.41) is 3.65. The van der Waals surface area contributed by atoms with Crippen molar-refractivity contribution < 1.29 is 9.53 Å². The van der Waals surface area contributed by atoms with E-state index in [2.05, 4.69) is 35.9 Å². The molecule has 1 N–H and O–H groups in total. The maximum absolute atomic E-state index is 12.7. The van der Waals surface area contributed by atoms with Crippen molar-refractivity contribution in [2.45, 2.75) is 33.4 Å². The van der Waals surface area contributed by atoms with Gasteiger partial charge in [0.15, 0.2) is 0 Å². The van der Waals surface area contributed by atoms with E-state index in [1.54, 1.807) is 24.3 Å². The summed E-state index contributed by atoms with van der Waals surface area (Å²) in [6, 6.07) is 20.7. The molecule has 6 heteroatoms. The second-order valence-electron chi connectivity index (χ2n) is 7.93. The van der Waals surface area contributed by atoms with Gasteiger partial charge in [-0.25, -0.2) is 4.98 Å². The molecule has 0 saturated carbocycles. The number of fused-ring (bicyclic) bond motifs is 1. The zero-order valence-electron chi connectivity index (χ0n) is 18.4. The van der Waals surface area contributed by atoms with Crippen LogP contribution in [0.2, 0.25) is 5.02 Å². The molecule has 32 heavy (non-hydrogen) atoms. The van der Waals surface area contributed by atoms with Gasteiger partial charge in [0.05, 0.1) is 23.6 Å². The molecule has 0 bridgehead atoms. The van der Waals surface area contributed by atoms with Crippen LogP contribution in [0.3, 0.4) is 0 Å². The molecule has 1 unspecified atom stereocenters. The first-order valence-corrected chi connectivity index (χ1v) is 11.0. The molecule has 0 spiro atoms. The second-order valence-corrected chi connectivity index (χ2v) is 8.37. The zero-order chi connectivity index (χ0) is 22.7. The molecular weight excluding hydrogens is 422 g/mol. The first kappa shape index (κ1) is 21.9. The Morgan fingerprint density at radius 3 is 2.59 bits per heavy atom. The number of aryl methyl sites for hydroxylation is 2. The van der Waals surface area contributed by atoms with Crippen LogP contribution in [0.15, 0.2) is 66.7 Å². The monoisotopic (exact) mass is 447 g/mol. The fraction of sp³-hybridized carbons (Fsp3) is 0.231. The molecule has 0 aliphatic rings. The smallest absolute Gasteiger partial charge is 0.251 e. The predicted molar refractivity (Wildman–Crippen MR) is 128 cm³/mol. The van der Waals surface area contributed by atoms with Crippen molar-refractivity contribution in [2.24, 2.45) is 0 Å². The number of hydrogen-bond donors (Lipinski definition) is 1. The fourth-order valence-electron chi connectivity index (χ4n) is 3.81. The molecule has 0 aliphatic heterocycles. The minimum absolute atomic E-state index is 0.167. The SMILES string of the molecule is Cc1ccc(OCCn2c(C(C)NC(=O)c3ccc(Cl)cc3)nc3ccccc32)c(C)c1. The number of nitrogens with one attached hydrogen (secondary N) is 1. The van der Waals surface area contributed by atoms with Gasteiger partial charge in [0.2, 0.25) is 0 Å². The predicted octanol–water partition coefficient (Wildman–Crippen LogP) is 5.88. The van der Waals surface area contributed by atoms with Crippen molar-refractivity contribution in [2.75, 3.05) is 6.61 Å². The summed E-state index contributed by atoms with van der Waals surface area (Å²) in [5.74, 6) is 1.50. The van der Waals surface area contributed by atoms with E-state index in [1.807, 2.05) is 37.3 Å². The van der Waals surface area contributed by atoms with Gasteiger partial charge in [-0.3, -0.25) is 4.79 Å². The second kappa shape index (κ2) is 9.45. The normalized spacial score (nSPS) is 12.0. The average molecular weight is 448 g/mol. The van der Waals surface area contributed by atoms with Crippen LogP contribution in [0.25, 0.3) is 11.0 Å². The molecule has 0 saturated heterocycles. The van der Waals surface area contributed by atoms with Gasteiger partial charge in [0.1, 0.15) is 18.2 Å². The lowest BCUT2D eigenvalue weighted by molar-refractivity contribution is 0.0937. The van der Waals surface area contributed by atoms with Gasteiger partial charge in [-0.1, -0.05) is 41.4 Å². The Bertz CT molecular complexity index is 1250. The minimum Gasteiger partial charge on any atom is -0.491 e. The van der Waals surface area contributed by atoms with E-state index in [1.165, 1.54) is 5.56 Å². The van der Waals surface area contributed by atoms with Crippen LogP contribution in [0.4, 0.5) is 0 Å². The first-order chi connectivity index (χ1) is 15.4. The zero-order valence-corrected chi connectivity index (χ0v) is 19.2. The van der Waals surface area contributed by atoms with Crippen LogP contribution in [-0.4, -0.2) is 22.1 Å². The Hall–Kier alpha value is -3.31. The van der Waals surface area contributed by atoms with Crippen LogP contribution in [0.5, 0.6) is 5.75 Å². The summed E-state index contributed by atoms with van der Waals surface area (Å²) in [6.45, 7) is 7.17. The highest BCUT2D eigenvalue weighted by Crippen LogP contribution is 2.23. The first-order valence-electron chi connectivity index (χ1n) is 10.6. The molecule has 1 atom stereocenters. The molecule has 0 aliphatic carbocycles. The third-order valence-corrected chi connectivity index (χ3v) is 5.68. The molecule has 5 nitrogen and oxygen atoms in total. The number of nitrogens with zero attached hydrogens (tertiary/aromatic N) is 2. The standard InChI is InChI=1S/C26H26ClN3O2/c1-17-8-13-24(18(2)16-17)32-15-14-30-23-7-5-4-6-22(23)29-25(30)19(3)28-26(31)20-9-11-21(27)12-10-20/h4-13,16,19H,14-15H2,1-3H3,(H,28,31). The molecule has 4 aromatic rings.